The van der Waals surface area contributed by atoms with Crippen LogP contribution in [-0.4, -0.2) is 37.6 Å². The van der Waals surface area contributed by atoms with Gasteiger partial charge in [-0.05, 0) is 30.3 Å². The lowest BCUT2D eigenvalue weighted by Gasteiger charge is -2.16. The zero-order valence-corrected chi connectivity index (χ0v) is 14.3. The smallest absolute Gasteiger partial charge is 0.253 e. The van der Waals surface area contributed by atoms with Crippen molar-refractivity contribution in [1.29, 1.82) is 0 Å². The fraction of sp³-hybridized carbons (Fsp3) is 0.100. The Morgan fingerprint density at radius 1 is 1.04 bits per heavy atom. The summed E-state index contributed by atoms with van der Waals surface area (Å²) in [7, 11) is 1.78. The van der Waals surface area contributed by atoms with Gasteiger partial charge in [-0.25, -0.2) is 4.68 Å². The highest BCUT2D eigenvalue weighted by Gasteiger charge is 2.14. The SMILES string of the molecule is CN(Cc1cnn(-c2ccccc2)c1)C(=O)c1ccc2nccnc2c1. The first-order chi connectivity index (χ1) is 12.7. The van der Waals surface area contributed by atoms with Gasteiger partial charge in [0.15, 0.2) is 0 Å². The Morgan fingerprint density at radius 3 is 2.62 bits per heavy atom. The zero-order chi connectivity index (χ0) is 17.9. The zero-order valence-electron chi connectivity index (χ0n) is 14.3. The Hall–Kier alpha value is -3.54. The molecule has 0 fully saturated rings. The predicted octanol–water partition coefficient (Wildman–Crippen LogP) is 3.09. The number of aromatic nitrogens is 4. The number of fused-ring (bicyclic) bond motifs is 1. The lowest BCUT2D eigenvalue weighted by Crippen LogP contribution is -2.26. The molecule has 0 saturated heterocycles. The quantitative estimate of drug-likeness (QED) is 0.571. The fourth-order valence-corrected chi connectivity index (χ4v) is 2.83. The summed E-state index contributed by atoms with van der Waals surface area (Å²) in [5.41, 5.74) is 4.03. The Kier molecular flexibility index (Phi) is 4.15. The first-order valence-corrected chi connectivity index (χ1v) is 8.26. The molecule has 0 radical (unpaired) electrons. The average Bonchev–Trinajstić information content (AvgIpc) is 3.16. The molecular weight excluding hydrogens is 326 g/mol. The van der Waals surface area contributed by atoms with Crippen LogP contribution in [-0.2, 0) is 6.54 Å². The van der Waals surface area contributed by atoms with Gasteiger partial charge in [-0.3, -0.25) is 14.8 Å². The van der Waals surface area contributed by atoms with Crippen molar-refractivity contribution < 1.29 is 4.79 Å². The third-order valence-corrected chi connectivity index (χ3v) is 4.14. The van der Waals surface area contributed by atoms with E-state index in [0.717, 1.165) is 16.8 Å². The number of hydrogen-bond donors (Lipinski definition) is 0. The van der Waals surface area contributed by atoms with Crippen LogP contribution in [0.5, 0.6) is 0 Å². The minimum atomic E-state index is -0.0648. The van der Waals surface area contributed by atoms with E-state index in [0.29, 0.717) is 17.6 Å². The topological polar surface area (TPSA) is 63.9 Å². The second-order valence-corrected chi connectivity index (χ2v) is 6.05. The maximum absolute atomic E-state index is 12.7. The molecule has 0 saturated carbocycles. The molecule has 0 aliphatic rings. The number of rotatable bonds is 4. The highest BCUT2D eigenvalue weighted by atomic mass is 16.2. The molecule has 26 heavy (non-hydrogen) atoms. The van der Waals surface area contributed by atoms with Crippen molar-refractivity contribution in [2.24, 2.45) is 0 Å². The largest absolute Gasteiger partial charge is 0.337 e. The molecule has 2 aromatic carbocycles. The molecule has 0 N–H and O–H groups in total. The monoisotopic (exact) mass is 343 g/mol. The van der Waals surface area contributed by atoms with E-state index in [2.05, 4.69) is 15.1 Å². The van der Waals surface area contributed by atoms with E-state index in [9.17, 15) is 4.79 Å². The van der Waals surface area contributed by atoms with Crippen molar-refractivity contribution in [3.63, 3.8) is 0 Å². The third kappa shape index (κ3) is 3.17. The number of hydrogen-bond acceptors (Lipinski definition) is 4. The van der Waals surface area contributed by atoms with Crippen LogP contribution in [0, 0.1) is 0 Å². The Balaban J connectivity index is 1.51. The Labute approximate surface area is 150 Å². The summed E-state index contributed by atoms with van der Waals surface area (Å²) in [5, 5.41) is 4.37. The van der Waals surface area contributed by atoms with Crippen molar-refractivity contribution in [3.05, 3.63) is 84.4 Å². The Morgan fingerprint density at radius 2 is 1.81 bits per heavy atom. The third-order valence-electron chi connectivity index (χ3n) is 4.14. The predicted molar refractivity (Wildman–Crippen MR) is 98.9 cm³/mol. The van der Waals surface area contributed by atoms with E-state index >= 15 is 0 Å². The first-order valence-electron chi connectivity index (χ1n) is 8.26. The normalized spacial score (nSPS) is 10.8. The molecule has 0 bridgehead atoms. The molecule has 0 spiro atoms. The minimum absolute atomic E-state index is 0.0648. The van der Waals surface area contributed by atoms with Crippen LogP contribution in [0.15, 0.2) is 73.3 Å². The van der Waals surface area contributed by atoms with Gasteiger partial charge in [0.25, 0.3) is 5.91 Å². The van der Waals surface area contributed by atoms with Crippen molar-refractivity contribution in [2.75, 3.05) is 7.05 Å². The molecule has 6 heteroatoms. The maximum atomic E-state index is 12.7. The summed E-state index contributed by atoms with van der Waals surface area (Å²) in [6.07, 6.45) is 6.98. The molecule has 2 aromatic heterocycles. The van der Waals surface area contributed by atoms with E-state index < -0.39 is 0 Å². The van der Waals surface area contributed by atoms with Gasteiger partial charge in [-0.2, -0.15) is 5.10 Å². The molecule has 4 aromatic rings. The molecule has 0 atom stereocenters. The summed E-state index contributed by atoms with van der Waals surface area (Å²) in [6.45, 7) is 0.476. The number of carbonyl (C=O) groups is 1. The van der Waals surface area contributed by atoms with Crippen molar-refractivity contribution in [3.8, 4) is 5.69 Å². The Bertz CT molecular complexity index is 1060. The second-order valence-electron chi connectivity index (χ2n) is 6.05. The van der Waals surface area contributed by atoms with Crippen LogP contribution in [0.2, 0.25) is 0 Å². The average molecular weight is 343 g/mol. The molecule has 0 aliphatic heterocycles. The van der Waals surface area contributed by atoms with Crippen LogP contribution >= 0.6 is 0 Å². The van der Waals surface area contributed by atoms with Gasteiger partial charge in [-0.1, -0.05) is 18.2 Å². The summed E-state index contributed by atoms with van der Waals surface area (Å²) in [5.74, 6) is -0.0648. The number of amides is 1. The maximum Gasteiger partial charge on any atom is 0.253 e. The molecule has 6 nitrogen and oxygen atoms in total. The van der Waals surface area contributed by atoms with Crippen molar-refractivity contribution >= 4 is 16.9 Å². The number of carbonyl (C=O) groups excluding carboxylic acids is 1. The standard InChI is InChI=1S/C20H17N5O/c1-24(13-15-12-23-25(14-15)17-5-3-2-4-6-17)20(26)16-7-8-18-19(11-16)22-10-9-21-18/h2-12,14H,13H2,1H3. The second kappa shape index (κ2) is 6.76. The highest BCUT2D eigenvalue weighted by molar-refractivity contribution is 5.97. The van der Waals surface area contributed by atoms with E-state index in [1.807, 2.05) is 42.6 Å². The summed E-state index contributed by atoms with van der Waals surface area (Å²) in [6, 6.07) is 15.2. The van der Waals surface area contributed by atoms with E-state index in [4.69, 9.17) is 0 Å². The molecule has 4 rings (SSSR count). The minimum Gasteiger partial charge on any atom is -0.337 e. The fourth-order valence-electron chi connectivity index (χ4n) is 2.83. The molecule has 0 unspecified atom stereocenters. The summed E-state index contributed by atoms with van der Waals surface area (Å²) < 4.78 is 1.80. The van der Waals surface area contributed by atoms with Crippen LogP contribution in [0.4, 0.5) is 0 Å². The van der Waals surface area contributed by atoms with Gasteiger partial charge in [0.2, 0.25) is 0 Å². The summed E-state index contributed by atoms with van der Waals surface area (Å²) in [4.78, 5) is 22.9. The molecule has 128 valence electrons. The van der Waals surface area contributed by atoms with Crippen LogP contribution in [0.1, 0.15) is 15.9 Å². The highest BCUT2D eigenvalue weighted by Crippen LogP contribution is 2.14. The molecule has 1 amide bonds. The van der Waals surface area contributed by atoms with Crippen molar-refractivity contribution in [2.45, 2.75) is 6.54 Å². The molecular formula is C20H17N5O. The van der Waals surface area contributed by atoms with E-state index in [-0.39, 0.29) is 5.91 Å². The first kappa shape index (κ1) is 16.0. The van der Waals surface area contributed by atoms with E-state index in [1.54, 1.807) is 47.4 Å². The van der Waals surface area contributed by atoms with Gasteiger partial charge in [-0.15, -0.1) is 0 Å². The number of benzene rings is 2. The lowest BCUT2D eigenvalue weighted by molar-refractivity contribution is 0.0785. The van der Waals surface area contributed by atoms with Crippen molar-refractivity contribution in [1.82, 2.24) is 24.6 Å². The van der Waals surface area contributed by atoms with Crippen LogP contribution in [0.3, 0.4) is 0 Å². The lowest BCUT2D eigenvalue weighted by atomic mass is 10.1. The van der Waals surface area contributed by atoms with Gasteiger partial charge < -0.3 is 4.90 Å². The molecule has 0 aliphatic carbocycles. The molecule has 2 heterocycles. The van der Waals surface area contributed by atoms with Crippen LogP contribution < -0.4 is 0 Å². The summed E-state index contributed by atoms with van der Waals surface area (Å²) >= 11 is 0. The number of para-hydroxylation sites is 1. The van der Waals surface area contributed by atoms with Gasteiger partial charge in [0.05, 0.1) is 22.9 Å². The van der Waals surface area contributed by atoms with Gasteiger partial charge >= 0.3 is 0 Å². The van der Waals surface area contributed by atoms with Gasteiger partial charge in [0.1, 0.15) is 0 Å². The number of nitrogens with zero attached hydrogens (tertiary/aromatic N) is 5. The van der Waals surface area contributed by atoms with Gasteiger partial charge in [0, 0.05) is 43.3 Å². The van der Waals surface area contributed by atoms with E-state index in [1.165, 1.54) is 0 Å². The van der Waals surface area contributed by atoms with Crippen LogP contribution in [0.25, 0.3) is 16.7 Å².